The fourth-order valence-electron chi connectivity index (χ4n) is 1.73. The maximum absolute atomic E-state index is 9.09. The Morgan fingerprint density at radius 3 is 1.17 bits per heavy atom. The highest BCUT2D eigenvalue weighted by molar-refractivity contribution is 4.68. The van der Waals surface area contributed by atoms with Crippen molar-refractivity contribution in [1.29, 1.82) is 0 Å². The maximum atomic E-state index is 9.09. The van der Waals surface area contributed by atoms with Crippen LogP contribution in [0.15, 0.2) is 0 Å². The molecule has 1 aliphatic rings. The smallest absolute Gasteiger partial charge is 0.104 e. The van der Waals surface area contributed by atoms with E-state index in [2.05, 4.69) is 41.5 Å². The van der Waals surface area contributed by atoms with Crippen molar-refractivity contribution < 1.29 is 43.7 Å². The Labute approximate surface area is 288 Å². The van der Waals surface area contributed by atoms with Crippen molar-refractivity contribution in [3.63, 3.8) is 0 Å². The number of rotatable bonds is 14. The normalized spacial score (nSPS) is 12.5. The quantitative estimate of drug-likeness (QED) is 0.161. The van der Waals surface area contributed by atoms with E-state index in [-0.39, 0.29) is 0 Å². The molecule has 0 atom stereocenters. The molecule has 1 rings (SSSR count). The monoisotopic (exact) mass is 675 g/mol. The number of aliphatic hydroxyl groups excluding tert-OH is 2. The van der Waals surface area contributed by atoms with Gasteiger partial charge in [0, 0.05) is 47.8 Å². The van der Waals surface area contributed by atoms with E-state index in [9.17, 15) is 0 Å². The number of ether oxygens (including phenoxy) is 6. The van der Waals surface area contributed by atoms with Gasteiger partial charge in [0.15, 0.2) is 0 Å². The van der Waals surface area contributed by atoms with Crippen LogP contribution in [0.3, 0.4) is 0 Å². The van der Waals surface area contributed by atoms with E-state index in [1.807, 2.05) is 69.2 Å². The molecule has 0 amide bonds. The lowest BCUT2D eigenvalue weighted by Crippen LogP contribution is -2.37. The molecule has 288 valence electrons. The van der Waals surface area contributed by atoms with Crippen LogP contribution in [0.2, 0.25) is 0 Å². The molecule has 1 aliphatic heterocycles. The fraction of sp³-hybridized carbons (Fsp3) is 1.00. The van der Waals surface area contributed by atoms with Crippen LogP contribution in [0.5, 0.6) is 0 Å². The highest BCUT2D eigenvalue weighted by Crippen LogP contribution is 2.13. The van der Waals surface area contributed by atoms with Gasteiger partial charge in [-0.25, -0.2) is 0 Å². The summed E-state index contributed by atoms with van der Waals surface area (Å²) in [6.45, 7) is 37.7. The zero-order valence-corrected chi connectivity index (χ0v) is 34.3. The highest BCUT2D eigenvalue weighted by Gasteiger charge is 2.19. The Kier molecular flexibility index (Phi) is 53.7. The largest absolute Gasteiger partial charge is 0.396 e. The lowest BCUT2D eigenvalue weighted by atomic mass is 9.95. The molecule has 0 aliphatic carbocycles. The molecule has 0 bridgehead atoms. The van der Waals surface area contributed by atoms with Gasteiger partial charge in [0.1, 0.15) is 6.10 Å². The summed E-state index contributed by atoms with van der Waals surface area (Å²) in [5, 5.41) is 25.5. The average molecular weight is 675 g/mol. The summed E-state index contributed by atoms with van der Waals surface area (Å²) in [6.07, 6.45) is 2.05. The van der Waals surface area contributed by atoms with Crippen molar-refractivity contribution in [3.05, 3.63) is 0 Å². The predicted octanol–water partition coefficient (Wildman–Crippen LogP) is 7.52. The zero-order valence-electron chi connectivity index (χ0n) is 34.3. The third-order valence-electron chi connectivity index (χ3n) is 5.41. The molecule has 9 nitrogen and oxygen atoms in total. The molecule has 0 radical (unpaired) electrons. The number of hydrogen-bond acceptors (Lipinski definition) is 9. The first-order valence-corrected chi connectivity index (χ1v) is 17.3. The van der Waals surface area contributed by atoms with Crippen LogP contribution < -0.4 is 0 Å². The van der Waals surface area contributed by atoms with Gasteiger partial charge < -0.3 is 43.7 Å². The van der Waals surface area contributed by atoms with Gasteiger partial charge in [0.05, 0.1) is 44.2 Å². The Hall–Kier alpha value is -0.360. The minimum atomic E-state index is -0.500. The van der Waals surface area contributed by atoms with Crippen LogP contribution in [-0.4, -0.2) is 113 Å². The first-order valence-electron chi connectivity index (χ1n) is 17.3. The minimum Gasteiger partial charge on any atom is -0.396 e. The van der Waals surface area contributed by atoms with Crippen LogP contribution in [0.4, 0.5) is 0 Å². The van der Waals surface area contributed by atoms with Gasteiger partial charge in [0.25, 0.3) is 0 Å². The van der Waals surface area contributed by atoms with E-state index in [4.69, 9.17) is 43.7 Å². The van der Waals surface area contributed by atoms with E-state index < -0.39 is 5.60 Å². The van der Waals surface area contributed by atoms with E-state index >= 15 is 0 Å². The Balaban J connectivity index is -0.000000103. The van der Waals surface area contributed by atoms with Gasteiger partial charge in [-0.1, -0.05) is 69.2 Å². The Bertz CT molecular complexity index is 482. The van der Waals surface area contributed by atoms with Crippen LogP contribution >= 0.6 is 0 Å². The molecule has 1 heterocycles. The molecule has 0 unspecified atom stereocenters. The molecule has 0 saturated carbocycles. The molecule has 1 saturated heterocycles. The van der Waals surface area contributed by atoms with Gasteiger partial charge >= 0.3 is 0 Å². The summed E-state index contributed by atoms with van der Waals surface area (Å²) >= 11 is 0. The molecule has 9 heteroatoms. The Morgan fingerprint density at radius 2 is 1.07 bits per heavy atom. The first-order chi connectivity index (χ1) is 21.1. The van der Waals surface area contributed by atoms with E-state index in [1.54, 1.807) is 21.3 Å². The second-order valence-electron chi connectivity index (χ2n) is 14.2. The summed E-state index contributed by atoms with van der Waals surface area (Å²) in [6, 6.07) is 0. The van der Waals surface area contributed by atoms with Gasteiger partial charge in [-0.3, -0.25) is 0 Å². The Morgan fingerprint density at radius 1 is 0.652 bits per heavy atom. The van der Waals surface area contributed by atoms with E-state index in [1.165, 1.54) is 0 Å². The van der Waals surface area contributed by atoms with E-state index in [0.29, 0.717) is 74.3 Å². The first kappa shape index (κ1) is 57.9. The molecular formula is C37H86O9. The van der Waals surface area contributed by atoms with Crippen molar-refractivity contribution in [2.45, 2.75) is 141 Å². The van der Waals surface area contributed by atoms with Gasteiger partial charge in [0.2, 0.25) is 0 Å². The lowest BCUT2D eigenvalue weighted by molar-refractivity contribution is -0.146. The van der Waals surface area contributed by atoms with Gasteiger partial charge in [-0.05, 0) is 77.6 Å². The summed E-state index contributed by atoms with van der Waals surface area (Å²) in [5.41, 5.74) is -0.500. The molecule has 1 fully saturated rings. The van der Waals surface area contributed by atoms with Crippen molar-refractivity contribution >= 4 is 0 Å². The van der Waals surface area contributed by atoms with Gasteiger partial charge in [-0.15, -0.1) is 0 Å². The van der Waals surface area contributed by atoms with Crippen molar-refractivity contribution in [2.75, 3.05) is 74.2 Å². The molecule has 46 heavy (non-hydrogen) atoms. The van der Waals surface area contributed by atoms with Crippen LogP contribution in [0.25, 0.3) is 0 Å². The number of methoxy groups -OCH3 is 3. The molecule has 0 aromatic heterocycles. The van der Waals surface area contributed by atoms with Crippen molar-refractivity contribution in [1.82, 2.24) is 0 Å². The minimum absolute atomic E-state index is 0.306. The second kappa shape index (κ2) is 42.7. The second-order valence-corrected chi connectivity index (χ2v) is 14.2. The molecule has 0 aromatic carbocycles. The van der Waals surface area contributed by atoms with Crippen molar-refractivity contribution in [3.8, 4) is 0 Å². The summed E-state index contributed by atoms with van der Waals surface area (Å²) in [7, 11) is 5.10. The fourth-order valence-corrected chi connectivity index (χ4v) is 1.73. The van der Waals surface area contributed by atoms with Crippen LogP contribution in [0.1, 0.15) is 117 Å². The number of aliphatic hydroxyl groups is 3. The van der Waals surface area contributed by atoms with Crippen molar-refractivity contribution in [2.24, 2.45) is 29.6 Å². The molecular weight excluding hydrogens is 588 g/mol. The third-order valence-corrected chi connectivity index (χ3v) is 5.41. The topological polar surface area (TPSA) is 116 Å². The third kappa shape index (κ3) is 79.3. The zero-order chi connectivity index (χ0) is 37.7. The molecule has 0 spiro atoms. The van der Waals surface area contributed by atoms with Gasteiger partial charge in [-0.2, -0.15) is 0 Å². The lowest BCUT2D eigenvalue weighted by Gasteiger charge is -2.27. The summed E-state index contributed by atoms with van der Waals surface area (Å²) in [4.78, 5) is 0. The SMILES string of the molecule is CC(C)C(C)(C)O.CC(C)CCO.CC(C)CO.CC(C)OC1COC1.COC(C)C.COCC(C)C.COCCOCC(C)C. The average Bonchev–Trinajstić information content (AvgIpc) is 2.90. The molecule has 3 N–H and O–H groups in total. The highest BCUT2D eigenvalue weighted by atomic mass is 16.6. The maximum Gasteiger partial charge on any atom is 0.104 e. The summed E-state index contributed by atoms with van der Waals surface area (Å²) in [5.74, 6) is 2.74. The van der Waals surface area contributed by atoms with E-state index in [0.717, 1.165) is 32.8 Å². The number of hydrogen-bond donors (Lipinski definition) is 3. The van der Waals surface area contributed by atoms with Crippen LogP contribution in [-0.2, 0) is 28.4 Å². The summed E-state index contributed by atoms with van der Waals surface area (Å²) < 4.78 is 29.8. The van der Waals surface area contributed by atoms with Crippen LogP contribution in [0, 0.1) is 29.6 Å². The predicted molar refractivity (Wildman–Crippen MR) is 197 cm³/mol. The standard InChI is InChI=1S/C7H16O2.C6H12O2.C6H14O.2C5H12O.2C4H10O/c1-7(2)6-9-5-4-8-3;1-5(2)8-6-3-7-4-6;1-5(2)6(3,4)7;1-5(2)4-6-3;1-5(2)3-4-6;1-4(2)5-3;1-4(2)3-5/h7H,4-6H2,1-3H3;5-6H,3-4H2,1-2H3;5,7H,1-4H3;5H,4H2,1-3H3;5-6H,3-4H2,1-2H3;4H,1-3H3;4-5H,3H2,1-2H3. The molecule has 0 aromatic rings.